The highest BCUT2D eigenvalue weighted by Crippen LogP contribution is 2.36. The van der Waals surface area contributed by atoms with Gasteiger partial charge in [-0.15, -0.1) is 0 Å². The van der Waals surface area contributed by atoms with Gasteiger partial charge in [0.25, 0.3) is 0 Å². The summed E-state index contributed by atoms with van der Waals surface area (Å²) in [7, 11) is -4.81. The first-order valence-corrected chi connectivity index (χ1v) is 21.1. The molecular weight excluding hydrogens is 663 g/mol. The Morgan fingerprint density at radius 2 is 1.30 bits per heavy atom. The molecule has 0 heterocycles. The minimum Gasteiger partial charge on any atom is -0.462 e. The maximum absolute atomic E-state index is 12.5. The molecule has 0 saturated heterocycles. The number of esters is 2. The van der Waals surface area contributed by atoms with Gasteiger partial charge in [-0.1, -0.05) is 135 Å². The lowest BCUT2D eigenvalue weighted by Crippen LogP contribution is -2.29. The molecule has 0 spiro atoms. The number of hydrogen-bond acceptors (Lipinski definition) is 9. The molecule has 0 amide bonds. The molecule has 0 radical (unpaired) electrons. The number of rotatable bonds is 32. The van der Waals surface area contributed by atoms with Gasteiger partial charge in [0.1, 0.15) is 12.4 Å². The second kappa shape index (κ2) is 28.9. The molecule has 4 N–H and O–H groups in total. The van der Waals surface area contributed by atoms with Crippen molar-refractivity contribution in [3.05, 3.63) is 12.2 Å². The second-order valence-corrected chi connectivity index (χ2v) is 15.3. The molecule has 0 bridgehead atoms. The van der Waals surface area contributed by atoms with E-state index >= 15 is 0 Å². The molecule has 5 atom stereocenters. The first kappa shape index (κ1) is 46.4. The molecule has 1 fully saturated rings. The Kier molecular flexibility index (Phi) is 26.8. The van der Waals surface area contributed by atoms with E-state index in [2.05, 4.69) is 18.4 Å². The van der Waals surface area contributed by atoms with Gasteiger partial charge >= 0.3 is 19.8 Å². The normalized spacial score (nSPS) is 19.2. The molecular formula is C38H69O11P. The quantitative estimate of drug-likeness (QED) is 0.0228. The van der Waals surface area contributed by atoms with Gasteiger partial charge in [0, 0.05) is 31.1 Å². The van der Waals surface area contributed by atoms with Crippen molar-refractivity contribution < 1.29 is 52.9 Å². The van der Waals surface area contributed by atoms with Crippen LogP contribution in [0, 0.1) is 11.8 Å². The van der Waals surface area contributed by atoms with Crippen molar-refractivity contribution in [1.29, 1.82) is 0 Å². The van der Waals surface area contributed by atoms with Crippen LogP contribution >= 0.6 is 7.82 Å². The zero-order valence-electron chi connectivity index (χ0n) is 31.0. The number of hydrogen-bond donors (Lipinski definition) is 4. The third kappa shape index (κ3) is 24.5. The number of carbonyl (C=O) groups excluding carboxylic acids is 3. The van der Waals surface area contributed by atoms with Crippen molar-refractivity contribution in [2.24, 2.45) is 11.8 Å². The number of aliphatic hydroxyl groups excluding tert-OH is 2. The molecule has 0 aromatic rings. The fourth-order valence-corrected chi connectivity index (χ4v) is 6.81. The van der Waals surface area contributed by atoms with Gasteiger partial charge in [-0.2, -0.15) is 0 Å². The number of ether oxygens (including phenoxy) is 2. The van der Waals surface area contributed by atoms with Crippen LogP contribution in [0.25, 0.3) is 0 Å². The Balaban J connectivity index is 2.31. The number of phosphoric acid groups is 1. The Morgan fingerprint density at radius 1 is 0.780 bits per heavy atom. The Morgan fingerprint density at radius 3 is 1.88 bits per heavy atom. The van der Waals surface area contributed by atoms with Crippen molar-refractivity contribution in [3.63, 3.8) is 0 Å². The van der Waals surface area contributed by atoms with Crippen LogP contribution in [0.1, 0.15) is 168 Å². The second-order valence-electron chi connectivity index (χ2n) is 14.0. The highest BCUT2D eigenvalue weighted by Gasteiger charge is 2.39. The minimum absolute atomic E-state index is 0.0366. The molecule has 292 valence electrons. The summed E-state index contributed by atoms with van der Waals surface area (Å²) in [6, 6.07) is 0. The monoisotopic (exact) mass is 732 g/mol. The molecule has 0 aromatic heterocycles. The van der Waals surface area contributed by atoms with E-state index in [1.165, 1.54) is 51.4 Å². The Bertz CT molecular complexity index is 982. The third-order valence-corrected chi connectivity index (χ3v) is 9.91. The summed E-state index contributed by atoms with van der Waals surface area (Å²) < 4.78 is 26.3. The number of ketones is 1. The molecule has 1 aliphatic rings. The summed E-state index contributed by atoms with van der Waals surface area (Å²) in [5, 5.41) is 20.6. The molecule has 1 aliphatic carbocycles. The predicted octanol–water partition coefficient (Wildman–Crippen LogP) is 8.05. The molecule has 12 heteroatoms. The molecule has 0 unspecified atom stereocenters. The van der Waals surface area contributed by atoms with Gasteiger partial charge < -0.3 is 29.5 Å². The molecule has 50 heavy (non-hydrogen) atoms. The van der Waals surface area contributed by atoms with Crippen LogP contribution in [0.5, 0.6) is 0 Å². The van der Waals surface area contributed by atoms with Crippen molar-refractivity contribution >= 4 is 25.5 Å². The van der Waals surface area contributed by atoms with E-state index in [0.29, 0.717) is 32.1 Å². The number of unbranched alkanes of at least 4 members (excludes halogenated alkanes) is 16. The van der Waals surface area contributed by atoms with E-state index in [1.807, 2.05) is 0 Å². The standard InChI is InChI=1S/C38H69O11P/c1-3-5-7-8-9-10-11-12-13-14-15-20-24-37(42)47-29-32(30-48-50(44,45)46)49-38(43)25-21-17-16-19-23-33-34(36(41)28-35(33)40)27-26-31(39)22-18-6-4-2/h26-27,31-34,36,39,41H,3-25,28-30H2,1-2H3,(H2,44,45,46)/b27-26+/t31-,32+,33+,34+,36+/m0/s1. The average Bonchev–Trinajstić information content (AvgIpc) is 3.33. The zero-order chi connectivity index (χ0) is 37.0. The molecule has 11 nitrogen and oxygen atoms in total. The lowest BCUT2D eigenvalue weighted by molar-refractivity contribution is -0.161. The lowest BCUT2D eigenvalue weighted by atomic mass is 9.88. The number of Topliss-reactive ketones (excluding diaryl/α,β-unsaturated/α-hetero) is 1. The first-order chi connectivity index (χ1) is 24.0. The topological polar surface area (TPSA) is 177 Å². The van der Waals surface area contributed by atoms with Crippen molar-refractivity contribution in [1.82, 2.24) is 0 Å². The molecule has 0 aromatic carbocycles. The van der Waals surface area contributed by atoms with Gasteiger partial charge in [-0.3, -0.25) is 18.9 Å². The summed E-state index contributed by atoms with van der Waals surface area (Å²) in [6.07, 6.45) is 22.7. The molecule has 0 aliphatic heterocycles. The summed E-state index contributed by atoms with van der Waals surface area (Å²) in [6.45, 7) is 3.37. The maximum atomic E-state index is 12.5. The van der Waals surface area contributed by atoms with Crippen molar-refractivity contribution in [3.8, 4) is 0 Å². The highest BCUT2D eigenvalue weighted by atomic mass is 31.2. The van der Waals surface area contributed by atoms with E-state index in [-0.39, 0.29) is 43.5 Å². The fraction of sp³-hybridized carbons (Fsp3) is 0.868. The average molecular weight is 733 g/mol. The van der Waals surface area contributed by atoms with E-state index in [9.17, 15) is 29.2 Å². The number of carbonyl (C=O) groups is 3. The molecule has 1 saturated carbocycles. The number of aliphatic hydroxyl groups is 2. The lowest BCUT2D eigenvalue weighted by Gasteiger charge is -2.19. The van der Waals surface area contributed by atoms with Crippen molar-refractivity contribution in [2.45, 2.75) is 186 Å². The van der Waals surface area contributed by atoms with Gasteiger partial charge in [0.15, 0.2) is 6.10 Å². The van der Waals surface area contributed by atoms with Gasteiger partial charge in [0.2, 0.25) is 0 Å². The van der Waals surface area contributed by atoms with Crippen LogP contribution in [0.4, 0.5) is 0 Å². The van der Waals surface area contributed by atoms with Crippen LogP contribution in [0.3, 0.4) is 0 Å². The van der Waals surface area contributed by atoms with Gasteiger partial charge in [0.05, 0.1) is 18.8 Å². The summed E-state index contributed by atoms with van der Waals surface area (Å²) in [5.74, 6) is -1.59. The summed E-state index contributed by atoms with van der Waals surface area (Å²) in [4.78, 5) is 55.4. The van der Waals surface area contributed by atoms with E-state index in [4.69, 9.17) is 19.3 Å². The summed E-state index contributed by atoms with van der Waals surface area (Å²) >= 11 is 0. The van der Waals surface area contributed by atoms with Crippen LogP contribution in [-0.2, 0) is 32.9 Å². The Hall–Kier alpha value is -1.62. The smallest absolute Gasteiger partial charge is 0.462 e. The van der Waals surface area contributed by atoms with Crippen LogP contribution in [-0.4, -0.2) is 69.2 Å². The fourth-order valence-electron chi connectivity index (χ4n) is 6.45. The number of phosphoric ester groups is 1. The predicted molar refractivity (Wildman–Crippen MR) is 194 cm³/mol. The van der Waals surface area contributed by atoms with Crippen LogP contribution in [0.15, 0.2) is 12.2 Å². The highest BCUT2D eigenvalue weighted by molar-refractivity contribution is 7.46. The zero-order valence-corrected chi connectivity index (χ0v) is 31.9. The minimum atomic E-state index is -4.81. The summed E-state index contributed by atoms with van der Waals surface area (Å²) in [5.41, 5.74) is 0. The van der Waals surface area contributed by atoms with Crippen LogP contribution in [0.2, 0.25) is 0 Å². The largest absolute Gasteiger partial charge is 0.469 e. The molecule has 1 rings (SSSR count). The Labute approximate surface area is 301 Å². The third-order valence-electron chi connectivity index (χ3n) is 9.43. The maximum Gasteiger partial charge on any atom is 0.469 e. The van der Waals surface area contributed by atoms with Crippen molar-refractivity contribution in [2.75, 3.05) is 13.2 Å². The SMILES string of the molecule is CCCCCCCCCCCCCCC(=O)OC[C@H](COP(=O)(O)O)OC(=O)CCCCCC[C@H]1C(=O)C[C@@H](O)[C@@H]1/C=C/[C@@H](O)CCCCC. The van der Waals surface area contributed by atoms with Crippen LogP contribution < -0.4 is 0 Å². The van der Waals surface area contributed by atoms with E-state index < -0.39 is 44.7 Å². The van der Waals surface area contributed by atoms with Gasteiger partial charge in [-0.05, 0) is 25.7 Å². The van der Waals surface area contributed by atoms with E-state index in [0.717, 1.165) is 51.4 Å². The van der Waals surface area contributed by atoms with E-state index in [1.54, 1.807) is 12.2 Å². The first-order valence-electron chi connectivity index (χ1n) is 19.6. The van der Waals surface area contributed by atoms with Gasteiger partial charge in [-0.25, -0.2) is 4.57 Å².